The van der Waals surface area contributed by atoms with Crippen LogP contribution in [0.5, 0.6) is 0 Å². The minimum atomic E-state index is -4.40. The normalized spacial score (nSPS) is 18.5. The average molecular weight is 458 g/mol. The first-order valence-corrected chi connectivity index (χ1v) is 11.2. The van der Waals surface area contributed by atoms with Crippen LogP contribution in [0.2, 0.25) is 0 Å². The first-order chi connectivity index (χ1) is 15.8. The third-order valence-electron chi connectivity index (χ3n) is 6.62. The Bertz CT molecular complexity index is 1150. The predicted molar refractivity (Wildman–Crippen MR) is 115 cm³/mol. The summed E-state index contributed by atoms with van der Waals surface area (Å²) in [6.45, 7) is 3.21. The van der Waals surface area contributed by atoms with Crippen molar-refractivity contribution in [2.24, 2.45) is 5.92 Å². The van der Waals surface area contributed by atoms with Crippen LogP contribution in [0.3, 0.4) is 0 Å². The number of fused-ring (bicyclic) bond motifs is 1. The van der Waals surface area contributed by atoms with E-state index >= 15 is 0 Å². The molecule has 3 heterocycles. The van der Waals surface area contributed by atoms with E-state index in [1.807, 2.05) is 24.0 Å². The highest BCUT2D eigenvalue weighted by Crippen LogP contribution is 2.38. The van der Waals surface area contributed by atoms with Crippen molar-refractivity contribution < 1.29 is 18.0 Å². The average Bonchev–Trinajstić information content (AvgIpc) is 3.53. The number of carbonyl (C=O) groups is 1. The lowest BCUT2D eigenvalue weighted by molar-refractivity contribution is -0.139. The third kappa shape index (κ3) is 4.38. The Morgan fingerprint density at radius 2 is 1.88 bits per heavy atom. The Kier molecular flexibility index (Phi) is 5.46. The van der Waals surface area contributed by atoms with E-state index in [4.69, 9.17) is 0 Å². The molecule has 33 heavy (non-hydrogen) atoms. The number of aromatic nitrogens is 4. The Balaban J connectivity index is 1.28. The summed E-state index contributed by atoms with van der Waals surface area (Å²) in [6, 6.07) is 8.81. The number of hydrogen-bond acceptors (Lipinski definition) is 5. The number of nitrogens with zero attached hydrogens (tertiary/aromatic N) is 6. The van der Waals surface area contributed by atoms with Gasteiger partial charge in [-0.25, -0.2) is 0 Å². The van der Waals surface area contributed by atoms with Crippen molar-refractivity contribution in [1.82, 2.24) is 24.7 Å². The summed E-state index contributed by atoms with van der Waals surface area (Å²) in [6.07, 6.45) is 0.310. The number of alkyl halides is 3. The van der Waals surface area contributed by atoms with Crippen LogP contribution < -0.4 is 4.90 Å². The van der Waals surface area contributed by atoms with Crippen LogP contribution in [-0.4, -0.2) is 49.7 Å². The zero-order chi connectivity index (χ0) is 23.2. The van der Waals surface area contributed by atoms with Crippen LogP contribution in [0.4, 0.5) is 19.0 Å². The summed E-state index contributed by atoms with van der Waals surface area (Å²) in [7, 11) is 0. The standard InChI is InChI=1S/C23H25F3N6O/c1-15(17-3-2-4-18(13-17)23(24,25)26)32(19-5-6-19)22(33)16-9-11-30(12-10-16)21-8-7-20-28-27-14-31(20)29-21/h2-4,7-8,13-16,19H,5-6,9-12H2,1H3. The Hall–Kier alpha value is -3.17. The number of piperidine rings is 1. The fraction of sp³-hybridized carbons (Fsp3) is 0.478. The molecule has 1 atom stereocenters. The minimum Gasteiger partial charge on any atom is -0.355 e. The molecule has 1 aliphatic heterocycles. The number of amides is 1. The van der Waals surface area contributed by atoms with E-state index in [0.717, 1.165) is 24.7 Å². The fourth-order valence-corrected chi connectivity index (χ4v) is 4.63. The molecule has 1 aliphatic carbocycles. The lowest BCUT2D eigenvalue weighted by atomic mass is 9.93. The van der Waals surface area contributed by atoms with Crippen molar-refractivity contribution in [1.29, 1.82) is 0 Å². The topological polar surface area (TPSA) is 66.6 Å². The van der Waals surface area contributed by atoms with E-state index < -0.39 is 17.8 Å². The van der Waals surface area contributed by atoms with Gasteiger partial charge in [0.1, 0.15) is 12.1 Å². The molecule has 1 saturated carbocycles. The summed E-state index contributed by atoms with van der Waals surface area (Å²) in [5, 5.41) is 12.3. The molecule has 0 spiro atoms. The minimum absolute atomic E-state index is 0.0456. The highest BCUT2D eigenvalue weighted by atomic mass is 19.4. The molecule has 0 N–H and O–H groups in total. The molecule has 1 amide bonds. The monoisotopic (exact) mass is 458 g/mol. The van der Waals surface area contributed by atoms with Gasteiger partial charge in [-0.15, -0.1) is 15.3 Å². The van der Waals surface area contributed by atoms with Crippen LogP contribution in [0.25, 0.3) is 5.65 Å². The molecule has 3 aromatic rings. The van der Waals surface area contributed by atoms with Gasteiger partial charge in [-0.2, -0.15) is 17.7 Å². The van der Waals surface area contributed by atoms with Gasteiger partial charge in [0.15, 0.2) is 5.65 Å². The zero-order valence-corrected chi connectivity index (χ0v) is 18.2. The van der Waals surface area contributed by atoms with Crippen LogP contribution in [-0.2, 0) is 11.0 Å². The second kappa shape index (κ2) is 8.31. The molecule has 2 fully saturated rings. The van der Waals surface area contributed by atoms with Crippen molar-refractivity contribution in [3.8, 4) is 0 Å². The summed E-state index contributed by atoms with van der Waals surface area (Å²) in [5.74, 6) is 0.711. The van der Waals surface area contributed by atoms with Gasteiger partial charge in [-0.3, -0.25) is 4.79 Å². The summed E-state index contributed by atoms with van der Waals surface area (Å²) < 4.78 is 41.2. The van der Waals surface area contributed by atoms with Crippen molar-refractivity contribution in [2.45, 2.75) is 50.9 Å². The maximum absolute atomic E-state index is 13.5. The van der Waals surface area contributed by atoms with Crippen molar-refractivity contribution in [3.63, 3.8) is 0 Å². The molecular weight excluding hydrogens is 433 g/mol. The second-order valence-corrected chi connectivity index (χ2v) is 8.86. The van der Waals surface area contributed by atoms with Gasteiger partial charge >= 0.3 is 6.18 Å². The molecule has 2 aromatic heterocycles. The lowest BCUT2D eigenvalue weighted by Crippen LogP contribution is -2.44. The largest absolute Gasteiger partial charge is 0.416 e. The van der Waals surface area contributed by atoms with Crippen molar-refractivity contribution >= 4 is 17.4 Å². The molecule has 7 nitrogen and oxygen atoms in total. The molecule has 0 radical (unpaired) electrons. The van der Waals surface area contributed by atoms with Crippen molar-refractivity contribution in [2.75, 3.05) is 18.0 Å². The number of hydrogen-bond donors (Lipinski definition) is 0. The Morgan fingerprint density at radius 3 is 2.58 bits per heavy atom. The molecule has 1 saturated heterocycles. The van der Waals surface area contributed by atoms with Crippen LogP contribution in [0.15, 0.2) is 42.7 Å². The molecule has 174 valence electrons. The second-order valence-electron chi connectivity index (χ2n) is 8.86. The van der Waals surface area contributed by atoms with E-state index in [9.17, 15) is 18.0 Å². The first kappa shape index (κ1) is 21.7. The van der Waals surface area contributed by atoms with Gasteiger partial charge in [0, 0.05) is 25.0 Å². The fourth-order valence-electron chi connectivity index (χ4n) is 4.63. The van der Waals surface area contributed by atoms with Crippen LogP contribution in [0, 0.1) is 5.92 Å². The highest BCUT2D eigenvalue weighted by molar-refractivity contribution is 5.80. The Morgan fingerprint density at radius 1 is 1.12 bits per heavy atom. The molecular formula is C23H25F3N6O. The zero-order valence-electron chi connectivity index (χ0n) is 18.2. The van der Waals surface area contributed by atoms with E-state index in [-0.39, 0.29) is 17.9 Å². The summed E-state index contributed by atoms with van der Waals surface area (Å²) in [4.78, 5) is 17.5. The number of benzene rings is 1. The number of carbonyl (C=O) groups excluding carboxylic acids is 1. The number of rotatable bonds is 5. The van der Waals surface area contributed by atoms with E-state index in [1.165, 1.54) is 12.1 Å². The molecule has 1 unspecified atom stereocenters. The van der Waals surface area contributed by atoms with Gasteiger partial charge in [0.05, 0.1) is 11.6 Å². The van der Waals surface area contributed by atoms with Gasteiger partial charge < -0.3 is 9.80 Å². The third-order valence-corrected chi connectivity index (χ3v) is 6.62. The van der Waals surface area contributed by atoms with Crippen LogP contribution in [0.1, 0.15) is 49.8 Å². The summed E-state index contributed by atoms with van der Waals surface area (Å²) >= 11 is 0. The molecule has 2 aliphatic rings. The van der Waals surface area contributed by atoms with E-state index in [0.29, 0.717) is 37.1 Å². The van der Waals surface area contributed by atoms with Crippen molar-refractivity contribution in [3.05, 3.63) is 53.9 Å². The first-order valence-electron chi connectivity index (χ1n) is 11.2. The number of halogens is 3. The molecule has 1 aromatic carbocycles. The molecule has 5 rings (SSSR count). The predicted octanol–water partition coefficient (Wildman–Crippen LogP) is 4.11. The Labute approximate surface area is 189 Å². The lowest BCUT2D eigenvalue weighted by Gasteiger charge is -2.37. The van der Waals surface area contributed by atoms with Gasteiger partial charge in [-0.1, -0.05) is 12.1 Å². The SMILES string of the molecule is CC(c1cccc(C(F)(F)F)c1)N(C(=O)C1CCN(c2ccc3nncn3n2)CC1)C1CC1. The maximum Gasteiger partial charge on any atom is 0.416 e. The highest BCUT2D eigenvalue weighted by Gasteiger charge is 2.40. The summed E-state index contributed by atoms with van der Waals surface area (Å²) in [5.41, 5.74) is 0.516. The van der Waals surface area contributed by atoms with Gasteiger partial charge in [0.25, 0.3) is 0 Å². The van der Waals surface area contributed by atoms with E-state index in [1.54, 1.807) is 16.9 Å². The smallest absolute Gasteiger partial charge is 0.355 e. The number of anilines is 1. The maximum atomic E-state index is 13.5. The molecule has 0 bridgehead atoms. The van der Waals surface area contributed by atoms with Gasteiger partial charge in [0.2, 0.25) is 5.91 Å². The van der Waals surface area contributed by atoms with E-state index in [2.05, 4.69) is 20.2 Å². The quantitative estimate of drug-likeness (QED) is 0.576. The van der Waals surface area contributed by atoms with Gasteiger partial charge in [-0.05, 0) is 62.4 Å². The van der Waals surface area contributed by atoms with Crippen LogP contribution >= 0.6 is 0 Å². The molecule has 10 heteroatoms.